The molecule has 2 nitrogen and oxygen atoms in total. The van der Waals surface area contributed by atoms with Crippen molar-refractivity contribution in [3.8, 4) is 0 Å². The van der Waals surface area contributed by atoms with E-state index >= 15 is 0 Å². The SMILES string of the molecule is CC(C)C1(O)CC2CCC(C1)N2Cc1ccccc1. The average Bonchev–Trinajstić information content (AvgIpc) is 2.64. The number of aliphatic hydroxyl groups is 1. The molecule has 0 radical (unpaired) electrons. The lowest BCUT2D eigenvalue weighted by Gasteiger charge is -2.46. The zero-order valence-electron chi connectivity index (χ0n) is 12.0. The van der Waals surface area contributed by atoms with Crippen molar-refractivity contribution in [3.63, 3.8) is 0 Å². The van der Waals surface area contributed by atoms with E-state index in [0.717, 1.165) is 19.4 Å². The second-order valence-corrected chi connectivity index (χ2v) is 6.71. The quantitative estimate of drug-likeness (QED) is 0.901. The van der Waals surface area contributed by atoms with E-state index in [9.17, 15) is 5.11 Å². The van der Waals surface area contributed by atoms with Gasteiger partial charge in [0.2, 0.25) is 0 Å². The van der Waals surface area contributed by atoms with E-state index in [1.807, 2.05) is 0 Å². The lowest BCUT2D eigenvalue weighted by Crippen LogP contribution is -2.52. The molecule has 1 N–H and O–H groups in total. The van der Waals surface area contributed by atoms with Crippen molar-refractivity contribution in [1.29, 1.82) is 0 Å². The summed E-state index contributed by atoms with van der Waals surface area (Å²) in [6.07, 6.45) is 4.42. The summed E-state index contributed by atoms with van der Waals surface area (Å²) in [6.45, 7) is 5.36. The van der Waals surface area contributed by atoms with Crippen LogP contribution in [0, 0.1) is 5.92 Å². The van der Waals surface area contributed by atoms with Crippen LogP contribution in [0.25, 0.3) is 0 Å². The molecule has 2 atom stereocenters. The highest BCUT2D eigenvalue weighted by Gasteiger charge is 2.48. The molecule has 2 saturated heterocycles. The van der Waals surface area contributed by atoms with E-state index in [4.69, 9.17) is 0 Å². The first-order valence-corrected chi connectivity index (χ1v) is 7.60. The molecule has 2 heteroatoms. The van der Waals surface area contributed by atoms with Gasteiger partial charge in [0.15, 0.2) is 0 Å². The lowest BCUT2D eigenvalue weighted by atomic mass is 9.78. The summed E-state index contributed by atoms with van der Waals surface area (Å²) in [5.74, 6) is 0.370. The van der Waals surface area contributed by atoms with E-state index in [1.165, 1.54) is 18.4 Å². The molecule has 0 spiro atoms. The number of hydrogen-bond donors (Lipinski definition) is 1. The molecule has 2 heterocycles. The molecule has 2 bridgehead atoms. The van der Waals surface area contributed by atoms with Gasteiger partial charge in [-0.25, -0.2) is 0 Å². The van der Waals surface area contributed by atoms with Crippen LogP contribution < -0.4 is 0 Å². The minimum Gasteiger partial charge on any atom is -0.390 e. The summed E-state index contributed by atoms with van der Waals surface area (Å²) in [4.78, 5) is 2.63. The second kappa shape index (κ2) is 4.92. The normalized spacial score (nSPS) is 34.9. The maximum atomic E-state index is 10.8. The van der Waals surface area contributed by atoms with Crippen molar-refractivity contribution >= 4 is 0 Å². The minimum atomic E-state index is -0.432. The highest BCUT2D eigenvalue weighted by Crippen LogP contribution is 2.44. The third-order valence-electron chi connectivity index (χ3n) is 5.23. The number of nitrogens with zero attached hydrogens (tertiary/aromatic N) is 1. The van der Waals surface area contributed by atoms with Gasteiger partial charge in [0.05, 0.1) is 5.60 Å². The summed E-state index contributed by atoms with van der Waals surface area (Å²) in [5.41, 5.74) is 0.966. The first-order valence-electron chi connectivity index (χ1n) is 7.60. The average molecular weight is 259 g/mol. The van der Waals surface area contributed by atoms with E-state index < -0.39 is 5.60 Å². The molecule has 104 valence electrons. The smallest absolute Gasteiger partial charge is 0.0700 e. The zero-order valence-corrected chi connectivity index (χ0v) is 12.0. The van der Waals surface area contributed by atoms with E-state index in [-0.39, 0.29) is 0 Å². The summed E-state index contributed by atoms with van der Waals surface area (Å²) in [7, 11) is 0. The molecule has 0 aromatic heterocycles. The van der Waals surface area contributed by atoms with Gasteiger partial charge in [-0.2, -0.15) is 0 Å². The first kappa shape index (κ1) is 13.1. The van der Waals surface area contributed by atoms with Crippen molar-refractivity contribution in [2.24, 2.45) is 5.92 Å². The fourth-order valence-electron chi connectivity index (χ4n) is 3.88. The molecule has 2 aliphatic rings. The van der Waals surface area contributed by atoms with E-state index in [1.54, 1.807) is 0 Å². The predicted octanol–water partition coefficient (Wildman–Crippen LogP) is 3.20. The highest BCUT2D eigenvalue weighted by atomic mass is 16.3. The Balaban J connectivity index is 1.73. The molecule has 0 saturated carbocycles. The minimum absolute atomic E-state index is 0.370. The molecule has 2 fully saturated rings. The number of hydrogen-bond acceptors (Lipinski definition) is 2. The van der Waals surface area contributed by atoms with Crippen LogP contribution >= 0.6 is 0 Å². The molecular weight excluding hydrogens is 234 g/mol. The van der Waals surface area contributed by atoms with Crippen LogP contribution in [0.4, 0.5) is 0 Å². The summed E-state index contributed by atoms with van der Waals surface area (Å²) in [5, 5.41) is 10.8. The van der Waals surface area contributed by atoms with Crippen LogP contribution in [0.1, 0.15) is 45.1 Å². The third-order valence-corrected chi connectivity index (χ3v) is 5.23. The van der Waals surface area contributed by atoms with Crippen molar-refractivity contribution in [3.05, 3.63) is 35.9 Å². The van der Waals surface area contributed by atoms with E-state index in [2.05, 4.69) is 49.1 Å². The van der Waals surface area contributed by atoms with Crippen molar-refractivity contribution in [2.75, 3.05) is 0 Å². The van der Waals surface area contributed by atoms with Gasteiger partial charge in [0, 0.05) is 18.6 Å². The molecule has 2 aliphatic heterocycles. The maximum Gasteiger partial charge on any atom is 0.0700 e. The Hall–Kier alpha value is -0.860. The van der Waals surface area contributed by atoms with Gasteiger partial charge >= 0.3 is 0 Å². The van der Waals surface area contributed by atoms with Crippen LogP contribution in [0.15, 0.2) is 30.3 Å². The Morgan fingerprint density at radius 2 is 1.74 bits per heavy atom. The van der Waals surface area contributed by atoms with Crippen LogP contribution in [0.2, 0.25) is 0 Å². The Morgan fingerprint density at radius 3 is 2.26 bits per heavy atom. The fourth-order valence-corrected chi connectivity index (χ4v) is 3.88. The van der Waals surface area contributed by atoms with E-state index in [0.29, 0.717) is 18.0 Å². The molecule has 1 aromatic rings. The molecule has 1 aromatic carbocycles. The van der Waals surface area contributed by atoms with Crippen molar-refractivity contribution in [2.45, 2.75) is 63.8 Å². The Bertz CT molecular complexity index is 414. The zero-order chi connectivity index (χ0) is 13.5. The van der Waals surface area contributed by atoms with Gasteiger partial charge < -0.3 is 5.11 Å². The lowest BCUT2D eigenvalue weighted by molar-refractivity contribution is -0.0843. The van der Waals surface area contributed by atoms with Crippen LogP contribution in [0.5, 0.6) is 0 Å². The fraction of sp³-hybridized carbons (Fsp3) is 0.647. The molecule has 3 rings (SSSR count). The molecule has 0 amide bonds. The number of benzene rings is 1. The molecule has 0 aliphatic carbocycles. The van der Waals surface area contributed by atoms with Crippen molar-refractivity contribution in [1.82, 2.24) is 4.90 Å². The Morgan fingerprint density at radius 1 is 1.16 bits per heavy atom. The van der Waals surface area contributed by atoms with Crippen LogP contribution in [-0.4, -0.2) is 27.7 Å². The third kappa shape index (κ3) is 2.44. The Labute approximate surface area is 116 Å². The first-order chi connectivity index (χ1) is 9.08. The van der Waals surface area contributed by atoms with Gasteiger partial charge in [0.1, 0.15) is 0 Å². The van der Waals surface area contributed by atoms with Crippen LogP contribution in [0.3, 0.4) is 0 Å². The van der Waals surface area contributed by atoms with Gasteiger partial charge in [-0.05, 0) is 37.2 Å². The van der Waals surface area contributed by atoms with Crippen molar-refractivity contribution < 1.29 is 5.11 Å². The highest BCUT2D eigenvalue weighted by molar-refractivity contribution is 5.16. The summed E-state index contributed by atoms with van der Waals surface area (Å²) in [6, 6.07) is 11.9. The maximum absolute atomic E-state index is 10.8. The Kier molecular flexibility index (Phi) is 3.40. The standard InChI is InChI=1S/C17H25NO/c1-13(2)17(19)10-15-8-9-16(11-17)18(15)12-14-6-4-3-5-7-14/h3-7,13,15-16,19H,8-12H2,1-2H3. The number of rotatable bonds is 3. The second-order valence-electron chi connectivity index (χ2n) is 6.71. The predicted molar refractivity (Wildman–Crippen MR) is 77.8 cm³/mol. The molecule has 19 heavy (non-hydrogen) atoms. The van der Waals surface area contributed by atoms with Crippen LogP contribution in [-0.2, 0) is 6.54 Å². The topological polar surface area (TPSA) is 23.5 Å². The van der Waals surface area contributed by atoms with Gasteiger partial charge in [0.25, 0.3) is 0 Å². The summed E-state index contributed by atoms with van der Waals surface area (Å²) < 4.78 is 0. The van der Waals surface area contributed by atoms with Gasteiger partial charge in [-0.3, -0.25) is 4.90 Å². The molecule has 2 unspecified atom stereocenters. The van der Waals surface area contributed by atoms with Gasteiger partial charge in [-0.15, -0.1) is 0 Å². The number of fused-ring (bicyclic) bond motifs is 2. The largest absolute Gasteiger partial charge is 0.390 e. The monoisotopic (exact) mass is 259 g/mol. The summed E-state index contributed by atoms with van der Waals surface area (Å²) >= 11 is 0. The number of piperidine rings is 1. The molecular formula is C17H25NO. The van der Waals surface area contributed by atoms with Gasteiger partial charge in [-0.1, -0.05) is 44.2 Å².